The van der Waals surface area contributed by atoms with Crippen LogP contribution < -0.4 is 4.57 Å². The van der Waals surface area contributed by atoms with Crippen LogP contribution in [0.2, 0.25) is 6.04 Å². The molecule has 0 aliphatic rings. The van der Waals surface area contributed by atoms with E-state index in [9.17, 15) is 0 Å². The Morgan fingerprint density at radius 3 is 2.29 bits per heavy atom. The number of oxazole rings is 1. The van der Waals surface area contributed by atoms with Crippen molar-refractivity contribution in [3.63, 3.8) is 0 Å². The number of hydrogen-bond acceptors (Lipinski definition) is 4. The predicted molar refractivity (Wildman–Crippen MR) is 64.5 cm³/mol. The molecular formula is C11H22NO4Si+. The fourth-order valence-electron chi connectivity index (χ4n) is 1.76. The van der Waals surface area contributed by atoms with Crippen LogP contribution >= 0.6 is 0 Å². The second-order valence-electron chi connectivity index (χ2n) is 3.95. The third-order valence-corrected chi connectivity index (χ3v) is 5.78. The highest BCUT2D eigenvalue weighted by molar-refractivity contribution is 6.60. The first-order chi connectivity index (χ1) is 8.17. The molecule has 0 saturated carbocycles. The molecular weight excluding hydrogens is 238 g/mol. The molecule has 0 aliphatic carbocycles. The van der Waals surface area contributed by atoms with Crippen LogP contribution in [0, 0.1) is 6.92 Å². The van der Waals surface area contributed by atoms with Gasteiger partial charge in [0.05, 0.1) is 0 Å². The number of rotatable bonds is 8. The first kappa shape index (κ1) is 14.4. The van der Waals surface area contributed by atoms with E-state index >= 15 is 0 Å². The molecule has 5 nitrogen and oxygen atoms in total. The summed E-state index contributed by atoms with van der Waals surface area (Å²) in [5.74, 6) is 0. The first-order valence-electron chi connectivity index (χ1n) is 5.75. The Hall–Kier alpha value is -0.693. The molecule has 0 amide bonds. The summed E-state index contributed by atoms with van der Waals surface area (Å²) in [5.41, 5.74) is 1.14. The van der Waals surface area contributed by atoms with E-state index in [-0.39, 0.29) is 0 Å². The minimum absolute atomic E-state index is 0.841. The maximum Gasteiger partial charge on any atom is 0.500 e. The Morgan fingerprint density at radius 2 is 1.82 bits per heavy atom. The lowest BCUT2D eigenvalue weighted by molar-refractivity contribution is -0.705. The molecule has 1 rings (SSSR count). The van der Waals surface area contributed by atoms with Crippen LogP contribution in [-0.4, -0.2) is 30.1 Å². The molecule has 0 spiro atoms. The minimum atomic E-state index is -2.39. The molecule has 17 heavy (non-hydrogen) atoms. The van der Waals surface area contributed by atoms with Crippen molar-refractivity contribution >= 4 is 8.80 Å². The molecule has 0 bridgehead atoms. The second kappa shape index (κ2) is 6.90. The number of aromatic nitrogens is 1. The zero-order chi connectivity index (χ0) is 12.7. The zero-order valence-electron chi connectivity index (χ0n) is 11.1. The SMILES string of the molecule is CO[Si](CCCC[n+]1cocc1C)(OC)OC. The van der Waals surface area contributed by atoms with Gasteiger partial charge in [-0.2, -0.15) is 4.57 Å². The van der Waals surface area contributed by atoms with Gasteiger partial charge in [0, 0.05) is 40.7 Å². The van der Waals surface area contributed by atoms with Gasteiger partial charge < -0.3 is 17.7 Å². The quantitative estimate of drug-likeness (QED) is 0.404. The first-order valence-corrected chi connectivity index (χ1v) is 7.68. The normalized spacial score (nSPS) is 12.0. The van der Waals surface area contributed by atoms with Crippen molar-refractivity contribution in [3.8, 4) is 0 Å². The number of unbranched alkanes of at least 4 members (excludes halogenated alkanes) is 1. The summed E-state index contributed by atoms with van der Waals surface area (Å²) in [4.78, 5) is 0. The van der Waals surface area contributed by atoms with Crippen LogP contribution in [0.15, 0.2) is 17.1 Å². The van der Waals surface area contributed by atoms with Gasteiger partial charge in [-0.25, -0.2) is 0 Å². The van der Waals surface area contributed by atoms with Gasteiger partial charge in [-0.05, 0) is 6.42 Å². The number of aryl methyl sites for hydroxylation is 2. The summed E-state index contributed by atoms with van der Waals surface area (Å²) < 4.78 is 23.3. The van der Waals surface area contributed by atoms with Crippen LogP contribution in [-0.2, 0) is 19.8 Å². The number of nitrogens with zero attached hydrogens (tertiary/aromatic N) is 1. The molecule has 1 heterocycles. The third kappa shape index (κ3) is 3.92. The van der Waals surface area contributed by atoms with E-state index in [0.29, 0.717) is 0 Å². The maximum atomic E-state index is 5.37. The van der Waals surface area contributed by atoms with Crippen molar-refractivity contribution < 1.29 is 22.3 Å². The van der Waals surface area contributed by atoms with Crippen molar-refractivity contribution in [3.05, 3.63) is 18.4 Å². The standard InChI is InChI=1S/C11H22NO4Si/c1-11-9-16-10-12(11)7-5-6-8-17(13-2,14-3)15-4/h9-10H,5-8H2,1-4H3/q+1. The van der Waals surface area contributed by atoms with Crippen LogP contribution in [0.25, 0.3) is 0 Å². The van der Waals surface area contributed by atoms with Gasteiger partial charge in [-0.15, -0.1) is 0 Å². The van der Waals surface area contributed by atoms with Gasteiger partial charge in [0.2, 0.25) is 5.69 Å². The summed E-state index contributed by atoms with van der Waals surface area (Å²) in [7, 11) is 2.56. The molecule has 0 saturated heterocycles. The lowest BCUT2D eigenvalue weighted by atomic mass is 10.3. The molecule has 0 atom stereocenters. The summed E-state index contributed by atoms with van der Waals surface area (Å²) in [6.07, 6.45) is 5.55. The molecule has 98 valence electrons. The zero-order valence-corrected chi connectivity index (χ0v) is 12.1. The van der Waals surface area contributed by atoms with Gasteiger partial charge >= 0.3 is 15.2 Å². The van der Waals surface area contributed by atoms with Crippen LogP contribution in [0.5, 0.6) is 0 Å². The summed E-state index contributed by atoms with van der Waals surface area (Å²) in [6, 6.07) is 0.841. The lowest BCUT2D eigenvalue weighted by Gasteiger charge is -2.23. The second-order valence-corrected chi connectivity index (χ2v) is 7.04. The van der Waals surface area contributed by atoms with E-state index in [2.05, 4.69) is 4.57 Å². The summed E-state index contributed by atoms with van der Waals surface area (Å²) >= 11 is 0. The Labute approximate surface area is 104 Å². The highest BCUT2D eigenvalue weighted by Gasteiger charge is 2.36. The van der Waals surface area contributed by atoms with Crippen LogP contribution in [0.4, 0.5) is 0 Å². The van der Waals surface area contributed by atoms with E-state index in [4.69, 9.17) is 17.7 Å². The van der Waals surface area contributed by atoms with E-state index in [1.807, 2.05) is 6.92 Å². The van der Waals surface area contributed by atoms with E-state index in [0.717, 1.165) is 31.1 Å². The van der Waals surface area contributed by atoms with Crippen LogP contribution in [0.3, 0.4) is 0 Å². The maximum absolute atomic E-state index is 5.37. The molecule has 1 aromatic rings. The third-order valence-electron chi connectivity index (χ3n) is 2.94. The average molecular weight is 260 g/mol. The Morgan fingerprint density at radius 1 is 1.18 bits per heavy atom. The molecule has 0 N–H and O–H groups in total. The fourth-order valence-corrected chi connectivity index (χ4v) is 3.56. The highest BCUT2D eigenvalue weighted by atomic mass is 28.4. The van der Waals surface area contributed by atoms with Crippen molar-refractivity contribution in [2.45, 2.75) is 32.4 Å². The molecule has 0 radical (unpaired) electrons. The lowest BCUT2D eigenvalue weighted by Crippen LogP contribution is -2.42. The largest absolute Gasteiger partial charge is 0.500 e. The van der Waals surface area contributed by atoms with Gasteiger partial charge in [-0.3, -0.25) is 0 Å². The smallest absolute Gasteiger partial charge is 0.412 e. The molecule has 0 fully saturated rings. The average Bonchev–Trinajstić information content (AvgIpc) is 2.76. The van der Waals surface area contributed by atoms with E-state index in [1.165, 1.54) is 0 Å². The van der Waals surface area contributed by atoms with Crippen molar-refractivity contribution in [1.29, 1.82) is 0 Å². The fraction of sp³-hybridized carbons (Fsp3) is 0.727. The monoisotopic (exact) mass is 260 g/mol. The van der Waals surface area contributed by atoms with E-state index < -0.39 is 8.80 Å². The Bertz CT molecular complexity index is 317. The van der Waals surface area contributed by atoms with Gasteiger partial charge in [-0.1, -0.05) is 0 Å². The van der Waals surface area contributed by atoms with E-state index in [1.54, 1.807) is 34.0 Å². The van der Waals surface area contributed by atoms with Gasteiger partial charge in [0.25, 0.3) is 0 Å². The van der Waals surface area contributed by atoms with Gasteiger partial charge in [0.15, 0.2) is 12.8 Å². The molecule has 0 aliphatic heterocycles. The highest BCUT2D eigenvalue weighted by Crippen LogP contribution is 2.16. The molecule has 0 unspecified atom stereocenters. The Kier molecular flexibility index (Phi) is 5.83. The van der Waals surface area contributed by atoms with Gasteiger partial charge in [0.1, 0.15) is 0 Å². The van der Waals surface area contributed by atoms with Crippen molar-refractivity contribution in [2.24, 2.45) is 0 Å². The molecule has 6 heteroatoms. The van der Waals surface area contributed by atoms with Crippen LogP contribution in [0.1, 0.15) is 18.5 Å². The summed E-state index contributed by atoms with van der Waals surface area (Å²) in [6.45, 7) is 2.98. The Balaban J connectivity index is 2.30. The number of hydrogen-bond donors (Lipinski definition) is 0. The molecule has 0 aromatic carbocycles. The molecule has 1 aromatic heterocycles. The topological polar surface area (TPSA) is 44.7 Å². The van der Waals surface area contributed by atoms with Crippen molar-refractivity contribution in [1.82, 2.24) is 0 Å². The summed E-state index contributed by atoms with van der Waals surface area (Å²) in [5, 5.41) is 0. The van der Waals surface area contributed by atoms with Crippen molar-refractivity contribution in [2.75, 3.05) is 21.3 Å². The minimum Gasteiger partial charge on any atom is -0.412 e. The predicted octanol–water partition coefficient (Wildman–Crippen LogP) is 1.53.